The maximum Gasteiger partial charge on any atom is 0.513 e. The van der Waals surface area contributed by atoms with Gasteiger partial charge in [0.15, 0.2) is 0 Å². The van der Waals surface area contributed by atoms with Gasteiger partial charge in [0.1, 0.15) is 5.75 Å². The van der Waals surface area contributed by atoms with Crippen molar-refractivity contribution in [3.63, 3.8) is 0 Å². The zero-order chi connectivity index (χ0) is 17.4. The second-order valence-corrected chi connectivity index (χ2v) is 5.10. The Kier molecular flexibility index (Phi) is 6.19. The zero-order valence-electron chi connectivity index (χ0n) is 13.7. The van der Waals surface area contributed by atoms with E-state index in [0.29, 0.717) is 18.0 Å². The Morgan fingerprint density at radius 1 is 1.00 bits per heavy atom. The summed E-state index contributed by atoms with van der Waals surface area (Å²) in [5.41, 5.74) is 2.79. The van der Waals surface area contributed by atoms with Crippen LogP contribution in [0.2, 0.25) is 0 Å². The van der Waals surface area contributed by atoms with Crippen molar-refractivity contribution >= 4 is 17.9 Å². The Bertz CT molecular complexity index is 681. The van der Waals surface area contributed by atoms with E-state index in [1.807, 2.05) is 31.2 Å². The van der Waals surface area contributed by atoms with Crippen LogP contribution in [-0.2, 0) is 11.3 Å². The first-order valence-electron chi connectivity index (χ1n) is 7.62. The lowest BCUT2D eigenvalue weighted by atomic mass is 10.1. The highest BCUT2D eigenvalue weighted by atomic mass is 16.7. The van der Waals surface area contributed by atoms with Gasteiger partial charge in [0.05, 0.1) is 6.61 Å². The van der Waals surface area contributed by atoms with Crippen LogP contribution in [0, 0.1) is 6.92 Å². The third-order valence-electron chi connectivity index (χ3n) is 3.15. The summed E-state index contributed by atoms with van der Waals surface area (Å²) >= 11 is 0. The van der Waals surface area contributed by atoms with Crippen LogP contribution in [-0.4, -0.2) is 18.8 Å². The highest BCUT2D eigenvalue weighted by Crippen LogP contribution is 2.16. The van der Waals surface area contributed by atoms with Gasteiger partial charge in [-0.2, -0.15) is 0 Å². The van der Waals surface area contributed by atoms with Gasteiger partial charge in [-0.1, -0.05) is 29.8 Å². The molecule has 6 nitrogen and oxygen atoms in total. The number of amides is 2. The molecule has 2 amide bonds. The molecule has 0 aliphatic heterocycles. The summed E-state index contributed by atoms with van der Waals surface area (Å²) in [6, 6.07) is 14.1. The molecule has 24 heavy (non-hydrogen) atoms. The average Bonchev–Trinajstić information content (AvgIpc) is 2.56. The molecule has 0 saturated carbocycles. The summed E-state index contributed by atoms with van der Waals surface area (Å²) in [4.78, 5) is 23.1. The third kappa shape index (κ3) is 5.64. The van der Waals surface area contributed by atoms with E-state index < -0.39 is 6.16 Å². The number of hydrogen-bond donors (Lipinski definition) is 2. The van der Waals surface area contributed by atoms with Crippen molar-refractivity contribution < 1.29 is 19.1 Å². The highest BCUT2D eigenvalue weighted by molar-refractivity contribution is 5.89. The van der Waals surface area contributed by atoms with Crippen LogP contribution >= 0.6 is 0 Å². The molecule has 0 saturated heterocycles. The van der Waals surface area contributed by atoms with Gasteiger partial charge in [-0.3, -0.25) is 0 Å². The van der Waals surface area contributed by atoms with E-state index in [1.54, 1.807) is 31.2 Å². The maximum atomic E-state index is 11.9. The Labute approximate surface area is 140 Å². The molecular formula is C18H20N2O4. The molecule has 0 aliphatic carbocycles. The minimum Gasteiger partial charge on any atom is -0.434 e. The van der Waals surface area contributed by atoms with Crippen molar-refractivity contribution in [2.75, 3.05) is 11.9 Å². The number of carbonyl (C=O) groups excluding carboxylic acids is 2. The summed E-state index contributed by atoms with van der Waals surface area (Å²) in [5.74, 6) is 0.346. The first-order valence-corrected chi connectivity index (χ1v) is 7.62. The largest absolute Gasteiger partial charge is 0.513 e. The minimum atomic E-state index is -0.756. The number of nitrogens with one attached hydrogen (secondary N) is 2. The van der Waals surface area contributed by atoms with E-state index in [2.05, 4.69) is 15.4 Å². The lowest BCUT2D eigenvalue weighted by Crippen LogP contribution is -2.28. The standard InChI is InChI=1S/C18H20N2O4/c1-3-23-18(22)24-16-10-8-15(9-11-16)20-17(21)19-12-14-6-4-13(2)5-7-14/h4-11H,3,12H2,1-2H3,(H2,19,20,21). The lowest BCUT2D eigenvalue weighted by molar-refractivity contribution is 0.104. The van der Waals surface area contributed by atoms with Gasteiger partial charge in [0, 0.05) is 12.2 Å². The molecule has 126 valence electrons. The molecule has 0 aromatic heterocycles. The molecule has 2 N–H and O–H groups in total. The van der Waals surface area contributed by atoms with Crippen LogP contribution in [0.5, 0.6) is 5.75 Å². The first-order chi connectivity index (χ1) is 11.6. The van der Waals surface area contributed by atoms with Gasteiger partial charge < -0.3 is 20.1 Å². The van der Waals surface area contributed by atoms with E-state index in [1.165, 1.54) is 5.56 Å². The number of anilines is 1. The summed E-state index contributed by atoms with van der Waals surface area (Å²) in [5, 5.41) is 5.48. The summed E-state index contributed by atoms with van der Waals surface area (Å²) in [6.07, 6.45) is -0.756. The van der Waals surface area contributed by atoms with E-state index in [4.69, 9.17) is 4.74 Å². The Morgan fingerprint density at radius 2 is 1.67 bits per heavy atom. The summed E-state index contributed by atoms with van der Waals surface area (Å²) < 4.78 is 9.62. The predicted octanol–water partition coefficient (Wildman–Crippen LogP) is 3.85. The second kappa shape index (κ2) is 8.57. The van der Waals surface area contributed by atoms with Crippen molar-refractivity contribution in [1.29, 1.82) is 0 Å². The van der Waals surface area contributed by atoms with Crippen LogP contribution in [0.25, 0.3) is 0 Å². The van der Waals surface area contributed by atoms with Gasteiger partial charge >= 0.3 is 12.2 Å². The quantitative estimate of drug-likeness (QED) is 0.645. The molecule has 2 aromatic carbocycles. The molecule has 0 spiro atoms. The average molecular weight is 328 g/mol. The van der Waals surface area contributed by atoms with Crippen LogP contribution in [0.1, 0.15) is 18.1 Å². The van der Waals surface area contributed by atoms with E-state index in [9.17, 15) is 9.59 Å². The number of hydrogen-bond acceptors (Lipinski definition) is 4. The molecule has 0 aliphatic rings. The van der Waals surface area contributed by atoms with Crippen molar-refractivity contribution in [1.82, 2.24) is 5.32 Å². The van der Waals surface area contributed by atoms with Crippen LogP contribution in [0.4, 0.5) is 15.3 Å². The van der Waals surface area contributed by atoms with Gasteiger partial charge in [0.25, 0.3) is 0 Å². The number of aryl methyl sites for hydroxylation is 1. The smallest absolute Gasteiger partial charge is 0.434 e. The maximum absolute atomic E-state index is 11.9. The molecule has 2 aromatic rings. The summed E-state index contributed by atoms with van der Waals surface area (Å²) in [7, 11) is 0. The fraction of sp³-hybridized carbons (Fsp3) is 0.222. The molecule has 2 rings (SSSR count). The normalized spacial score (nSPS) is 9.92. The third-order valence-corrected chi connectivity index (χ3v) is 3.15. The second-order valence-electron chi connectivity index (χ2n) is 5.10. The first kappa shape index (κ1) is 17.3. The van der Waals surface area contributed by atoms with Crippen LogP contribution in [0.15, 0.2) is 48.5 Å². The van der Waals surface area contributed by atoms with Crippen molar-refractivity contribution in [3.8, 4) is 5.75 Å². The topological polar surface area (TPSA) is 76.7 Å². The fourth-order valence-corrected chi connectivity index (χ4v) is 1.91. The highest BCUT2D eigenvalue weighted by Gasteiger charge is 2.06. The summed E-state index contributed by atoms with van der Waals surface area (Å²) in [6.45, 7) is 4.40. The van der Waals surface area contributed by atoms with Gasteiger partial charge in [-0.05, 0) is 43.7 Å². The van der Waals surface area contributed by atoms with Gasteiger partial charge in [-0.15, -0.1) is 0 Å². The van der Waals surface area contributed by atoms with Crippen molar-refractivity contribution in [2.24, 2.45) is 0 Å². The van der Waals surface area contributed by atoms with Crippen LogP contribution in [0.3, 0.4) is 0 Å². The van der Waals surface area contributed by atoms with Crippen LogP contribution < -0.4 is 15.4 Å². The molecule has 0 bridgehead atoms. The van der Waals surface area contributed by atoms with E-state index in [0.717, 1.165) is 5.56 Å². The lowest BCUT2D eigenvalue weighted by Gasteiger charge is -2.09. The Balaban J connectivity index is 1.81. The molecule has 0 fully saturated rings. The van der Waals surface area contributed by atoms with Gasteiger partial charge in [-0.25, -0.2) is 9.59 Å². The van der Waals surface area contributed by atoms with Crippen molar-refractivity contribution in [3.05, 3.63) is 59.7 Å². The number of ether oxygens (including phenoxy) is 2. The fourth-order valence-electron chi connectivity index (χ4n) is 1.91. The molecule has 0 heterocycles. The monoisotopic (exact) mass is 328 g/mol. The number of rotatable bonds is 5. The number of benzene rings is 2. The van der Waals surface area contributed by atoms with Crippen molar-refractivity contribution in [2.45, 2.75) is 20.4 Å². The Hall–Kier alpha value is -3.02. The Morgan fingerprint density at radius 3 is 2.29 bits per heavy atom. The molecule has 0 unspecified atom stereocenters. The zero-order valence-corrected chi connectivity index (χ0v) is 13.7. The predicted molar refractivity (Wildman–Crippen MR) is 91.1 cm³/mol. The SMILES string of the molecule is CCOC(=O)Oc1ccc(NC(=O)NCc2ccc(C)cc2)cc1. The molecular weight excluding hydrogens is 308 g/mol. The van der Waals surface area contributed by atoms with Gasteiger partial charge in [0.2, 0.25) is 0 Å². The number of carbonyl (C=O) groups is 2. The molecule has 0 radical (unpaired) electrons. The molecule has 6 heteroatoms. The minimum absolute atomic E-state index is 0.250. The van der Waals surface area contributed by atoms with E-state index in [-0.39, 0.29) is 12.6 Å². The number of urea groups is 1. The molecule has 0 atom stereocenters. The van der Waals surface area contributed by atoms with E-state index >= 15 is 0 Å².